The van der Waals surface area contributed by atoms with E-state index in [0.29, 0.717) is 27.8 Å². The van der Waals surface area contributed by atoms with Crippen LogP contribution >= 0.6 is 23.8 Å². The standard InChI is InChI=1S/C14H12ClNO2S/c1-17-11-4-2-3-5-12(11)18-13-8-9(15)6-7-10(13)14(16)19/h2-8H,1H3,(H2,16,19). The van der Waals surface area contributed by atoms with Gasteiger partial charge in [-0.15, -0.1) is 0 Å². The van der Waals surface area contributed by atoms with Gasteiger partial charge in [0.15, 0.2) is 11.5 Å². The SMILES string of the molecule is COc1ccccc1Oc1cc(Cl)ccc1C(N)=S. The largest absolute Gasteiger partial charge is 0.493 e. The topological polar surface area (TPSA) is 44.5 Å². The number of ether oxygens (including phenoxy) is 2. The number of methoxy groups -OCH3 is 1. The first kappa shape index (κ1) is 13.6. The molecule has 3 nitrogen and oxygen atoms in total. The Bertz CT molecular complexity index is 616. The predicted molar refractivity (Wildman–Crippen MR) is 80.4 cm³/mol. The van der Waals surface area contributed by atoms with Crippen LogP contribution in [0.4, 0.5) is 0 Å². The van der Waals surface area contributed by atoms with Gasteiger partial charge < -0.3 is 15.2 Å². The molecule has 0 radical (unpaired) electrons. The maximum Gasteiger partial charge on any atom is 0.169 e. The van der Waals surface area contributed by atoms with E-state index in [0.717, 1.165) is 0 Å². The minimum atomic E-state index is 0.251. The maximum absolute atomic E-state index is 5.97. The molecule has 0 spiro atoms. The zero-order valence-corrected chi connectivity index (χ0v) is 11.8. The number of thiocarbonyl (C=S) groups is 1. The van der Waals surface area contributed by atoms with Crippen LogP contribution in [0.25, 0.3) is 0 Å². The second-order valence-corrected chi connectivity index (χ2v) is 4.63. The van der Waals surface area contributed by atoms with Crippen molar-refractivity contribution in [2.45, 2.75) is 0 Å². The van der Waals surface area contributed by atoms with Crippen molar-refractivity contribution < 1.29 is 9.47 Å². The number of hydrogen-bond acceptors (Lipinski definition) is 3. The van der Waals surface area contributed by atoms with E-state index in [1.165, 1.54) is 0 Å². The van der Waals surface area contributed by atoms with Gasteiger partial charge in [0, 0.05) is 11.1 Å². The zero-order chi connectivity index (χ0) is 13.8. The quantitative estimate of drug-likeness (QED) is 0.872. The van der Waals surface area contributed by atoms with Crippen molar-refractivity contribution in [1.82, 2.24) is 0 Å². The van der Waals surface area contributed by atoms with E-state index in [2.05, 4.69) is 0 Å². The normalized spacial score (nSPS) is 10.0. The highest BCUT2D eigenvalue weighted by atomic mass is 35.5. The maximum atomic E-state index is 5.97. The summed E-state index contributed by atoms with van der Waals surface area (Å²) in [6.07, 6.45) is 0. The first-order valence-electron chi connectivity index (χ1n) is 5.52. The van der Waals surface area contributed by atoms with E-state index in [4.69, 9.17) is 39.0 Å². The molecule has 2 N–H and O–H groups in total. The zero-order valence-electron chi connectivity index (χ0n) is 10.2. The Balaban J connectivity index is 2.42. The monoisotopic (exact) mass is 293 g/mol. The second kappa shape index (κ2) is 5.91. The van der Waals surface area contributed by atoms with Crippen molar-refractivity contribution in [2.75, 3.05) is 7.11 Å². The Hall–Kier alpha value is -1.78. The molecule has 0 amide bonds. The van der Waals surface area contributed by atoms with Crippen LogP contribution in [0.15, 0.2) is 42.5 Å². The Kier molecular flexibility index (Phi) is 4.24. The van der Waals surface area contributed by atoms with E-state index in [1.54, 1.807) is 37.4 Å². The molecule has 0 aliphatic rings. The molecular formula is C14H12ClNO2S. The molecule has 0 heterocycles. The summed E-state index contributed by atoms with van der Waals surface area (Å²) in [6.45, 7) is 0. The lowest BCUT2D eigenvalue weighted by Gasteiger charge is -2.13. The third-order valence-electron chi connectivity index (χ3n) is 2.50. The molecule has 0 unspecified atom stereocenters. The number of halogens is 1. The number of rotatable bonds is 4. The molecule has 0 atom stereocenters. The van der Waals surface area contributed by atoms with Crippen molar-refractivity contribution in [2.24, 2.45) is 5.73 Å². The van der Waals surface area contributed by atoms with Gasteiger partial charge in [-0.1, -0.05) is 36.0 Å². The van der Waals surface area contributed by atoms with Crippen LogP contribution in [0.1, 0.15) is 5.56 Å². The van der Waals surface area contributed by atoms with E-state index >= 15 is 0 Å². The molecule has 98 valence electrons. The van der Waals surface area contributed by atoms with Gasteiger partial charge in [-0.2, -0.15) is 0 Å². The lowest BCUT2D eigenvalue weighted by molar-refractivity contribution is 0.378. The van der Waals surface area contributed by atoms with Crippen LogP contribution in [0, 0.1) is 0 Å². The first-order chi connectivity index (χ1) is 9.11. The Morgan fingerprint density at radius 1 is 1.11 bits per heavy atom. The summed E-state index contributed by atoms with van der Waals surface area (Å²) in [5, 5.41) is 0.546. The molecule has 2 aromatic carbocycles. The van der Waals surface area contributed by atoms with Crippen LogP contribution in [0.3, 0.4) is 0 Å². The molecule has 0 saturated carbocycles. The smallest absolute Gasteiger partial charge is 0.169 e. The molecule has 0 saturated heterocycles. The average molecular weight is 294 g/mol. The van der Waals surface area contributed by atoms with Gasteiger partial charge in [0.05, 0.1) is 12.7 Å². The first-order valence-corrected chi connectivity index (χ1v) is 6.30. The fourth-order valence-corrected chi connectivity index (χ4v) is 1.94. The van der Waals surface area contributed by atoms with Crippen molar-refractivity contribution >= 4 is 28.8 Å². The van der Waals surface area contributed by atoms with Gasteiger partial charge in [-0.3, -0.25) is 0 Å². The van der Waals surface area contributed by atoms with Gasteiger partial charge >= 0.3 is 0 Å². The minimum absolute atomic E-state index is 0.251. The van der Waals surface area contributed by atoms with E-state index in [9.17, 15) is 0 Å². The summed E-state index contributed by atoms with van der Waals surface area (Å²) in [7, 11) is 1.58. The third kappa shape index (κ3) is 3.16. The summed E-state index contributed by atoms with van der Waals surface area (Å²) in [6, 6.07) is 12.4. The fraction of sp³-hybridized carbons (Fsp3) is 0.0714. The summed E-state index contributed by atoms with van der Waals surface area (Å²) < 4.78 is 11.0. The van der Waals surface area contributed by atoms with Gasteiger partial charge in [0.25, 0.3) is 0 Å². The Labute approximate surface area is 121 Å². The summed E-state index contributed by atoms with van der Waals surface area (Å²) in [5.41, 5.74) is 6.30. The predicted octanol–water partition coefficient (Wildman–Crippen LogP) is 3.78. The fourth-order valence-electron chi connectivity index (χ4n) is 1.61. The highest BCUT2D eigenvalue weighted by Gasteiger charge is 2.11. The van der Waals surface area contributed by atoms with Gasteiger partial charge in [-0.25, -0.2) is 0 Å². The van der Waals surface area contributed by atoms with Crippen LogP contribution in [-0.2, 0) is 0 Å². The number of hydrogen-bond donors (Lipinski definition) is 1. The lowest BCUT2D eigenvalue weighted by atomic mass is 10.2. The molecule has 2 rings (SSSR count). The molecular weight excluding hydrogens is 282 g/mol. The lowest BCUT2D eigenvalue weighted by Crippen LogP contribution is -2.10. The summed E-state index contributed by atoms with van der Waals surface area (Å²) >= 11 is 11.0. The molecule has 5 heteroatoms. The number of benzene rings is 2. The number of para-hydroxylation sites is 2. The van der Waals surface area contributed by atoms with Gasteiger partial charge in [0.2, 0.25) is 0 Å². The Morgan fingerprint density at radius 2 is 1.79 bits per heavy atom. The molecule has 0 bridgehead atoms. The van der Waals surface area contributed by atoms with Crippen LogP contribution in [0.2, 0.25) is 5.02 Å². The highest BCUT2D eigenvalue weighted by molar-refractivity contribution is 7.80. The molecule has 19 heavy (non-hydrogen) atoms. The van der Waals surface area contributed by atoms with Crippen molar-refractivity contribution in [3.63, 3.8) is 0 Å². The van der Waals surface area contributed by atoms with Crippen LogP contribution in [0.5, 0.6) is 17.2 Å². The summed E-state index contributed by atoms with van der Waals surface area (Å²) in [4.78, 5) is 0.251. The minimum Gasteiger partial charge on any atom is -0.493 e. The molecule has 0 aromatic heterocycles. The van der Waals surface area contributed by atoms with Gasteiger partial charge in [-0.05, 0) is 24.3 Å². The summed E-state index contributed by atoms with van der Waals surface area (Å²) in [5.74, 6) is 1.70. The van der Waals surface area contributed by atoms with Crippen molar-refractivity contribution in [3.8, 4) is 17.2 Å². The molecule has 0 aliphatic heterocycles. The second-order valence-electron chi connectivity index (χ2n) is 3.76. The Morgan fingerprint density at radius 3 is 2.42 bits per heavy atom. The molecule has 0 aliphatic carbocycles. The third-order valence-corrected chi connectivity index (χ3v) is 2.95. The molecule has 0 fully saturated rings. The molecule has 2 aromatic rings. The van der Waals surface area contributed by atoms with Crippen molar-refractivity contribution in [1.29, 1.82) is 0 Å². The van der Waals surface area contributed by atoms with E-state index in [-0.39, 0.29) is 4.99 Å². The van der Waals surface area contributed by atoms with Gasteiger partial charge in [0.1, 0.15) is 10.7 Å². The average Bonchev–Trinajstić information content (AvgIpc) is 2.39. The van der Waals surface area contributed by atoms with E-state index < -0.39 is 0 Å². The van der Waals surface area contributed by atoms with Crippen molar-refractivity contribution in [3.05, 3.63) is 53.1 Å². The number of nitrogens with two attached hydrogens (primary N) is 1. The van der Waals surface area contributed by atoms with E-state index in [1.807, 2.05) is 12.1 Å². The van der Waals surface area contributed by atoms with Crippen LogP contribution in [-0.4, -0.2) is 12.1 Å². The highest BCUT2D eigenvalue weighted by Crippen LogP contribution is 2.34. The van der Waals surface area contributed by atoms with Crippen LogP contribution < -0.4 is 15.2 Å².